The molecule has 3 rings (SSSR count). The molecule has 0 radical (unpaired) electrons. The van der Waals surface area contributed by atoms with Crippen LogP contribution in [-0.2, 0) is 4.79 Å². The van der Waals surface area contributed by atoms with E-state index in [0.717, 1.165) is 50.8 Å². The minimum absolute atomic E-state index is 0.103. The molecule has 2 heterocycles. The van der Waals surface area contributed by atoms with Gasteiger partial charge in [0.25, 0.3) is 0 Å². The lowest BCUT2D eigenvalue weighted by atomic mass is 9.80. The average Bonchev–Trinajstić information content (AvgIpc) is 2.61. The van der Waals surface area contributed by atoms with E-state index in [1.807, 2.05) is 12.3 Å². The number of rotatable bonds is 5. The monoisotopic (exact) mass is 316 g/mol. The quantitative estimate of drug-likeness (QED) is 0.901. The van der Waals surface area contributed by atoms with Crippen molar-refractivity contribution in [2.45, 2.75) is 32.1 Å². The average molecular weight is 316 g/mol. The SMILES string of the molecule is NC(=O)C1CCC(CCN2CCN(c3ccccn3)CC2)CC1. The molecule has 126 valence electrons. The zero-order valence-corrected chi connectivity index (χ0v) is 13.9. The van der Waals surface area contributed by atoms with Gasteiger partial charge in [-0.05, 0) is 56.7 Å². The van der Waals surface area contributed by atoms with Crippen molar-refractivity contribution in [3.63, 3.8) is 0 Å². The third kappa shape index (κ3) is 4.44. The molecule has 5 nitrogen and oxygen atoms in total. The summed E-state index contributed by atoms with van der Waals surface area (Å²) in [5.74, 6) is 1.90. The van der Waals surface area contributed by atoms with Gasteiger partial charge in [0.15, 0.2) is 0 Å². The molecular formula is C18H28N4O. The van der Waals surface area contributed by atoms with Gasteiger partial charge in [-0.1, -0.05) is 6.07 Å². The van der Waals surface area contributed by atoms with Gasteiger partial charge in [-0.2, -0.15) is 0 Å². The third-order valence-electron chi connectivity index (χ3n) is 5.45. The molecule has 1 amide bonds. The Bertz CT molecular complexity index is 491. The Kier molecular flexibility index (Phi) is 5.49. The maximum absolute atomic E-state index is 11.2. The highest BCUT2D eigenvalue weighted by molar-refractivity contribution is 5.76. The normalized spacial score (nSPS) is 26.2. The molecule has 23 heavy (non-hydrogen) atoms. The first-order chi connectivity index (χ1) is 11.2. The first kappa shape index (κ1) is 16.2. The summed E-state index contributed by atoms with van der Waals surface area (Å²) in [6.45, 7) is 5.54. The van der Waals surface area contributed by atoms with Crippen LogP contribution in [0.5, 0.6) is 0 Å². The maximum Gasteiger partial charge on any atom is 0.220 e. The maximum atomic E-state index is 11.2. The summed E-state index contributed by atoms with van der Waals surface area (Å²) in [6.07, 6.45) is 7.45. The van der Waals surface area contributed by atoms with Crippen LogP contribution in [0.1, 0.15) is 32.1 Å². The summed E-state index contributed by atoms with van der Waals surface area (Å²) in [4.78, 5) is 20.6. The number of carbonyl (C=O) groups is 1. The van der Waals surface area contributed by atoms with Crippen molar-refractivity contribution < 1.29 is 4.79 Å². The van der Waals surface area contributed by atoms with Crippen molar-refractivity contribution in [3.8, 4) is 0 Å². The number of carbonyl (C=O) groups excluding carboxylic acids is 1. The van der Waals surface area contributed by atoms with Gasteiger partial charge in [0.1, 0.15) is 5.82 Å². The zero-order valence-electron chi connectivity index (χ0n) is 13.9. The summed E-state index contributed by atoms with van der Waals surface area (Å²) >= 11 is 0. The Balaban J connectivity index is 1.36. The van der Waals surface area contributed by atoms with Gasteiger partial charge in [-0.15, -0.1) is 0 Å². The molecule has 1 aliphatic heterocycles. The summed E-state index contributed by atoms with van der Waals surface area (Å²) < 4.78 is 0. The molecular weight excluding hydrogens is 288 g/mol. The summed E-state index contributed by atoms with van der Waals surface area (Å²) in [5.41, 5.74) is 5.41. The molecule has 0 bridgehead atoms. The fraction of sp³-hybridized carbons (Fsp3) is 0.667. The molecule has 1 aliphatic carbocycles. The van der Waals surface area contributed by atoms with Gasteiger partial charge < -0.3 is 10.6 Å². The number of nitrogens with zero attached hydrogens (tertiary/aromatic N) is 3. The van der Waals surface area contributed by atoms with Crippen molar-refractivity contribution in [1.29, 1.82) is 0 Å². The van der Waals surface area contributed by atoms with E-state index in [0.29, 0.717) is 0 Å². The number of anilines is 1. The Morgan fingerprint density at radius 2 is 1.87 bits per heavy atom. The number of hydrogen-bond donors (Lipinski definition) is 1. The van der Waals surface area contributed by atoms with Gasteiger partial charge >= 0.3 is 0 Å². The second-order valence-corrected chi connectivity index (χ2v) is 6.93. The van der Waals surface area contributed by atoms with E-state index < -0.39 is 0 Å². The van der Waals surface area contributed by atoms with E-state index in [2.05, 4.69) is 26.9 Å². The van der Waals surface area contributed by atoms with Crippen molar-refractivity contribution in [2.24, 2.45) is 17.6 Å². The van der Waals surface area contributed by atoms with E-state index in [9.17, 15) is 4.79 Å². The number of aromatic nitrogens is 1. The van der Waals surface area contributed by atoms with Gasteiger partial charge in [0, 0.05) is 38.3 Å². The Morgan fingerprint density at radius 1 is 1.13 bits per heavy atom. The predicted molar refractivity (Wildman–Crippen MR) is 92.1 cm³/mol. The molecule has 1 aromatic rings. The van der Waals surface area contributed by atoms with Crippen molar-refractivity contribution >= 4 is 11.7 Å². The minimum Gasteiger partial charge on any atom is -0.369 e. The standard InChI is InChI=1S/C18H28N4O/c19-18(23)16-6-4-15(5-7-16)8-10-21-11-13-22(14-12-21)17-3-1-2-9-20-17/h1-3,9,15-16H,4-8,10-14H2,(H2,19,23). The fourth-order valence-electron chi connectivity index (χ4n) is 3.84. The number of nitrogens with two attached hydrogens (primary N) is 1. The molecule has 2 aliphatic rings. The highest BCUT2D eigenvalue weighted by Crippen LogP contribution is 2.30. The van der Waals surface area contributed by atoms with Gasteiger partial charge in [0.2, 0.25) is 5.91 Å². The van der Waals surface area contributed by atoms with Gasteiger partial charge in [-0.25, -0.2) is 4.98 Å². The lowest BCUT2D eigenvalue weighted by Gasteiger charge is -2.36. The van der Waals surface area contributed by atoms with Crippen LogP contribution >= 0.6 is 0 Å². The largest absolute Gasteiger partial charge is 0.369 e. The van der Waals surface area contributed by atoms with E-state index >= 15 is 0 Å². The van der Waals surface area contributed by atoms with Crippen LogP contribution in [0.25, 0.3) is 0 Å². The molecule has 0 aromatic carbocycles. The summed E-state index contributed by atoms with van der Waals surface area (Å²) in [6, 6.07) is 6.11. The van der Waals surface area contributed by atoms with E-state index in [1.54, 1.807) is 0 Å². The summed E-state index contributed by atoms with van der Waals surface area (Å²) in [7, 11) is 0. The first-order valence-electron chi connectivity index (χ1n) is 8.90. The number of pyridine rings is 1. The first-order valence-corrected chi connectivity index (χ1v) is 8.90. The molecule has 1 saturated heterocycles. The number of hydrogen-bond acceptors (Lipinski definition) is 4. The molecule has 1 aromatic heterocycles. The number of primary amides is 1. The fourth-order valence-corrected chi connectivity index (χ4v) is 3.84. The van der Waals surface area contributed by atoms with Crippen LogP contribution in [0.2, 0.25) is 0 Å². The van der Waals surface area contributed by atoms with E-state index in [4.69, 9.17) is 5.73 Å². The topological polar surface area (TPSA) is 62.5 Å². The molecule has 0 spiro atoms. The van der Waals surface area contributed by atoms with Crippen LogP contribution in [0.4, 0.5) is 5.82 Å². The molecule has 2 fully saturated rings. The van der Waals surface area contributed by atoms with E-state index in [-0.39, 0.29) is 11.8 Å². The van der Waals surface area contributed by atoms with Crippen LogP contribution < -0.4 is 10.6 Å². The smallest absolute Gasteiger partial charge is 0.220 e. The molecule has 2 N–H and O–H groups in total. The lowest BCUT2D eigenvalue weighted by molar-refractivity contribution is -0.122. The number of amides is 1. The molecule has 5 heteroatoms. The highest BCUT2D eigenvalue weighted by Gasteiger charge is 2.25. The van der Waals surface area contributed by atoms with Gasteiger partial charge in [-0.3, -0.25) is 9.69 Å². The number of piperazine rings is 1. The van der Waals surface area contributed by atoms with E-state index in [1.165, 1.54) is 25.8 Å². The van der Waals surface area contributed by atoms with Crippen LogP contribution in [0.15, 0.2) is 24.4 Å². The second-order valence-electron chi connectivity index (χ2n) is 6.93. The lowest BCUT2D eigenvalue weighted by Crippen LogP contribution is -2.47. The third-order valence-corrected chi connectivity index (χ3v) is 5.45. The molecule has 0 atom stereocenters. The highest BCUT2D eigenvalue weighted by atomic mass is 16.1. The van der Waals surface area contributed by atoms with Crippen LogP contribution in [0, 0.1) is 11.8 Å². The molecule has 1 saturated carbocycles. The van der Waals surface area contributed by atoms with Gasteiger partial charge in [0.05, 0.1) is 0 Å². The second kappa shape index (κ2) is 7.77. The van der Waals surface area contributed by atoms with Crippen molar-refractivity contribution in [2.75, 3.05) is 37.6 Å². The molecule has 0 unspecified atom stereocenters. The van der Waals surface area contributed by atoms with Crippen LogP contribution in [-0.4, -0.2) is 48.5 Å². The Hall–Kier alpha value is -1.62. The summed E-state index contributed by atoms with van der Waals surface area (Å²) in [5, 5.41) is 0. The Labute approximate surface area is 138 Å². The minimum atomic E-state index is -0.103. The van der Waals surface area contributed by atoms with Crippen LogP contribution in [0.3, 0.4) is 0 Å². The van der Waals surface area contributed by atoms with Crippen molar-refractivity contribution in [3.05, 3.63) is 24.4 Å². The van der Waals surface area contributed by atoms with Crippen molar-refractivity contribution in [1.82, 2.24) is 9.88 Å². The predicted octanol–water partition coefficient (Wildman–Crippen LogP) is 1.89. The zero-order chi connectivity index (χ0) is 16.1. The Morgan fingerprint density at radius 3 is 2.48 bits per heavy atom.